The Morgan fingerprint density at radius 2 is 1.77 bits per heavy atom. The van der Waals surface area contributed by atoms with E-state index in [9.17, 15) is 5.11 Å². The number of para-hydroxylation sites is 1. The zero-order valence-corrected chi connectivity index (χ0v) is 13.3. The van der Waals surface area contributed by atoms with Gasteiger partial charge in [-0.2, -0.15) is 0 Å². The number of hydrogen-bond donors (Lipinski definition) is 1. The fourth-order valence-electron chi connectivity index (χ4n) is 2.64. The molecule has 0 aliphatic carbocycles. The molecular formula is C18H17NO2S. The average molecular weight is 311 g/mol. The van der Waals surface area contributed by atoms with Crippen LogP contribution in [0.25, 0.3) is 10.9 Å². The number of aliphatic hydroxyl groups is 1. The second kappa shape index (κ2) is 5.91. The monoisotopic (exact) mass is 311 g/mol. The Morgan fingerprint density at radius 1 is 1.09 bits per heavy atom. The molecule has 1 heterocycles. The van der Waals surface area contributed by atoms with Crippen molar-refractivity contribution in [2.45, 2.75) is 6.10 Å². The Labute approximate surface area is 134 Å². The maximum absolute atomic E-state index is 10.7. The SMILES string of the molecule is COc1ccc(C(O)c2cc(=S)c3ccccc3n2C)cc1. The molecule has 3 aromatic rings. The molecule has 2 aromatic carbocycles. The fourth-order valence-corrected chi connectivity index (χ4v) is 2.94. The summed E-state index contributed by atoms with van der Waals surface area (Å²) < 4.78 is 7.88. The summed E-state index contributed by atoms with van der Waals surface area (Å²) in [6.07, 6.45) is -0.734. The molecule has 0 bridgehead atoms. The number of hydrogen-bond acceptors (Lipinski definition) is 3. The Bertz CT molecular complexity index is 868. The number of methoxy groups -OCH3 is 1. The van der Waals surface area contributed by atoms with Crippen molar-refractivity contribution in [3.8, 4) is 5.75 Å². The molecule has 0 saturated carbocycles. The number of pyridine rings is 1. The number of rotatable bonds is 3. The third kappa shape index (κ3) is 2.51. The summed E-state index contributed by atoms with van der Waals surface area (Å²) in [5.41, 5.74) is 2.59. The first-order chi connectivity index (χ1) is 10.6. The number of aryl methyl sites for hydroxylation is 1. The van der Waals surface area contributed by atoms with Crippen LogP contribution in [0.2, 0.25) is 0 Å². The van der Waals surface area contributed by atoms with E-state index in [-0.39, 0.29) is 0 Å². The summed E-state index contributed by atoms with van der Waals surface area (Å²) in [5, 5.41) is 11.7. The minimum absolute atomic E-state index is 0.734. The minimum Gasteiger partial charge on any atom is -0.497 e. The van der Waals surface area contributed by atoms with Gasteiger partial charge in [0.25, 0.3) is 0 Å². The van der Waals surface area contributed by atoms with Crippen LogP contribution in [0.4, 0.5) is 0 Å². The highest BCUT2D eigenvalue weighted by molar-refractivity contribution is 7.71. The predicted molar refractivity (Wildman–Crippen MR) is 90.8 cm³/mol. The van der Waals surface area contributed by atoms with Gasteiger partial charge < -0.3 is 14.4 Å². The molecule has 0 aliphatic heterocycles. The van der Waals surface area contributed by atoms with Crippen LogP contribution in [0, 0.1) is 4.51 Å². The van der Waals surface area contributed by atoms with Crippen LogP contribution in [-0.4, -0.2) is 16.8 Å². The molecule has 1 N–H and O–H groups in total. The average Bonchev–Trinajstić information content (AvgIpc) is 2.57. The van der Waals surface area contributed by atoms with Crippen LogP contribution in [0.5, 0.6) is 5.75 Å². The van der Waals surface area contributed by atoms with E-state index < -0.39 is 6.10 Å². The first kappa shape index (κ1) is 14.8. The van der Waals surface area contributed by atoms with Gasteiger partial charge in [0, 0.05) is 22.5 Å². The lowest BCUT2D eigenvalue weighted by molar-refractivity contribution is 0.211. The highest BCUT2D eigenvalue weighted by Gasteiger charge is 2.15. The third-order valence-corrected chi connectivity index (χ3v) is 4.25. The summed E-state index contributed by atoms with van der Waals surface area (Å²) in [6, 6.07) is 17.2. The predicted octanol–water partition coefficient (Wildman–Crippen LogP) is 4.00. The van der Waals surface area contributed by atoms with E-state index in [4.69, 9.17) is 17.0 Å². The molecule has 0 radical (unpaired) electrons. The molecule has 0 spiro atoms. The number of nitrogens with zero attached hydrogens (tertiary/aromatic N) is 1. The lowest BCUT2D eigenvalue weighted by Crippen LogP contribution is -2.09. The zero-order chi connectivity index (χ0) is 15.7. The zero-order valence-electron chi connectivity index (χ0n) is 12.5. The van der Waals surface area contributed by atoms with Crippen LogP contribution in [0.3, 0.4) is 0 Å². The standard InChI is InChI=1S/C18H17NO2S/c1-19-15-6-4-3-5-14(15)17(22)11-16(19)18(20)12-7-9-13(21-2)10-8-12/h3-11,18,20H,1-2H3. The van der Waals surface area contributed by atoms with Crippen molar-refractivity contribution in [1.29, 1.82) is 0 Å². The molecular weight excluding hydrogens is 294 g/mol. The van der Waals surface area contributed by atoms with Crippen molar-refractivity contribution in [2.24, 2.45) is 7.05 Å². The van der Waals surface area contributed by atoms with Crippen LogP contribution in [0.15, 0.2) is 54.6 Å². The Balaban J connectivity index is 2.12. The van der Waals surface area contributed by atoms with Gasteiger partial charge >= 0.3 is 0 Å². The lowest BCUT2D eigenvalue weighted by atomic mass is 10.0. The number of ether oxygens (including phenoxy) is 1. The Morgan fingerprint density at radius 3 is 2.45 bits per heavy atom. The number of aromatic nitrogens is 1. The normalized spacial score (nSPS) is 12.3. The molecule has 1 atom stereocenters. The second-order valence-corrected chi connectivity index (χ2v) is 5.63. The number of fused-ring (bicyclic) bond motifs is 1. The maximum atomic E-state index is 10.7. The highest BCUT2D eigenvalue weighted by atomic mass is 32.1. The van der Waals surface area contributed by atoms with Gasteiger partial charge in [0.2, 0.25) is 0 Å². The molecule has 0 fully saturated rings. The van der Waals surface area contributed by atoms with Crippen LogP contribution in [-0.2, 0) is 7.05 Å². The third-order valence-electron chi connectivity index (χ3n) is 3.91. The van der Waals surface area contributed by atoms with Crippen LogP contribution in [0.1, 0.15) is 17.4 Å². The molecule has 1 unspecified atom stereocenters. The number of aliphatic hydroxyl groups excluding tert-OH is 1. The molecule has 1 aromatic heterocycles. The Kier molecular flexibility index (Phi) is 3.96. The van der Waals surface area contributed by atoms with Gasteiger partial charge in [0.1, 0.15) is 11.9 Å². The van der Waals surface area contributed by atoms with Crippen molar-refractivity contribution in [3.63, 3.8) is 0 Å². The number of benzene rings is 2. The lowest BCUT2D eigenvalue weighted by Gasteiger charge is -2.18. The summed E-state index contributed by atoms with van der Waals surface area (Å²) in [5.74, 6) is 0.766. The largest absolute Gasteiger partial charge is 0.497 e. The molecule has 4 heteroatoms. The van der Waals surface area contributed by atoms with E-state index in [1.54, 1.807) is 7.11 Å². The van der Waals surface area contributed by atoms with Crippen LogP contribution >= 0.6 is 12.2 Å². The molecule has 3 rings (SSSR count). The minimum atomic E-state index is -0.734. The van der Waals surface area contributed by atoms with Gasteiger partial charge in [-0.15, -0.1) is 0 Å². The van der Waals surface area contributed by atoms with Gasteiger partial charge in [-0.3, -0.25) is 0 Å². The molecule has 3 nitrogen and oxygen atoms in total. The van der Waals surface area contributed by atoms with E-state index in [2.05, 4.69) is 0 Å². The smallest absolute Gasteiger partial charge is 0.119 e. The summed E-state index contributed by atoms with van der Waals surface area (Å²) in [7, 11) is 3.57. The van der Waals surface area contributed by atoms with Crippen molar-refractivity contribution in [2.75, 3.05) is 7.11 Å². The quantitative estimate of drug-likeness (QED) is 0.743. The molecule has 0 amide bonds. The topological polar surface area (TPSA) is 34.4 Å². The highest BCUT2D eigenvalue weighted by Crippen LogP contribution is 2.27. The van der Waals surface area contributed by atoms with Crippen molar-refractivity contribution >= 4 is 23.1 Å². The van der Waals surface area contributed by atoms with E-state index >= 15 is 0 Å². The maximum Gasteiger partial charge on any atom is 0.119 e. The Hall–Kier alpha value is -2.17. The van der Waals surface area contributed by atoms with Gasteiger partial charge in [-0.25, -0.2) is 0 Å². The fraction of sp³-hybridized carbons (Fsp3) is 0.167. The van der Waals surface area contributed by atoms with Crippen molar-refractivity contribution in [1.82, 2.24) is 4.57 Å². The van der Waals surface area contributed by atoms with E-state index in [1.807, 2.05) is 66.2 Å². The first-order valence-corrected chi connectivity index (χ1v) is 7.43. The van der Waals surface area contributed by atoms with Gasteiger partial charge in [0.05, 0.1) is 12.8 Å². The summed E-state index contributed by atoms with van der Waals surface area (Å²) in [6.45, 7) is 0. The van der Waals surface area contributed by atoms with Gasteiger partial charge in [-0.1, -0.05) is 42.5 Å². The summed E-state index contributed by atoms with van der Waals surface area (Å²) >= 11 is 5.47. The molecule has 0 aliphatic rings. The molecule has 112 valence electrons. The van der Waals surface area contributed by atoms with Crippen LogP contribution < -0.4 is 4.74 Å². The van der Waals surface area contributed by atoms with Crippen molar-refractivity contribution < 1.29 is 9.84 Å². The van der Waals surface area contributed by atoms with E-state index in [1.165, 1.54) is 0 Å². The van der Waals surface area contributed by atoms with E-state index in [0.717, 1.165) is 32.4 Å². The first-order valence-electron chi connectivity index (χ1n) is 7.02. The molecule has 0 saturated heterocycles. The van der Waals surface area contributed by atoms with Gasteiger partial charge in [0.15, 0.2) is 0 Å². The van der Waals surface area contributed by atoms with Crippen molar-refractivity contribution in [3.05, 3.63) is 70.4 Å². The second-order valence-electron chi connectivity index (χ2n) is 5.19. The molecule has 22 heavy (non-hydrogen) atoms. The summed E-state index contributed by atoms with van der Waals surface area (Å²) in [4.78, 5) is 0. The van der Waals surface area contributed by atoms with Gasteiger partial charge in [-0.05, 0) is 29.8 Å². The van der Waals surface area contributed by atoms with E-state index in [0.29, 0.717) is 0 Å².